The minimum atomic E-state index is -0.904. The molecular formula is C16H13NO2. The third-order valence-electron chi connectivity index (χ3n) is 3.22. The monoisotopic (exact) mass is 251 g/mol. The van der Waals surface area contributed by atoms with Gasteiger partial charge in [-0.15, -0.1) is 0 Å². The first-order valence-electron chi connectivity index (χ1n) is 6.14. The van der Waals surface area contributed by atoms with Crippen molar-refractivity contribution in [3.05, 3.63) is 71.9 Å². The van der Waals surface area contributed by atoms with Gasteiger partial charge in [0.25, 0.3) is 0 Å². The Morgan fingerprint density at radius 2 is 1.68 bits per heavy atom. The van der Waals surface area contributed by atoms with E-state index in [9.17, 15) is 9.90 Å². The molecule has 0 unspecified atom stereocenters. The van der Waals surface area contributed by atoms with Crippen LogP contribution < -0.4 is 4.90 Å². The number of carbonyl (C=O) groups is 1. The molecule has 1 aliphatic rings. The van der Waals surface area contributed by atoms with Gasteiger partial charge in [-0.2, -0.15) is 0 Å². The second-order valence-corrected chi connectivity index (χ2v) is 4.40. The van der Waals surface area contributed by atoms with Crippen molar-refractivity contribution in [2.24, 2.45) is 0 Å². The van der Waals surface area contributed by atoms with E-state index in [1.54, 1.807) is 11.0 Å². The molecule has 1 N–H and O–H groups in total. The van der Waals surface area contributed by atoms with Crippen molar-refractivity contribution in [3.8, 4) is 0 Å². The SMILES string of the molecule is O=C(O)C1=CCc2ccccc2N1c1ccccc1. The molecular weight excluding hydrogens is 238 g/mol. The van der Waals surface area contributed by atoms with Crippen molar-refractivity contribution in [1.82, 2.24) is 0 Å². The molecule has 0 fully saturated rings. The van der Waals surface area contributed by atoms with Crippen molar-refractivity contribution >= 4 is 17.3 Å². The van der Waals surface area contributed by atoms with Gasteiger partial charge < -0.3 is 10.0 Å². The lowest BCUT2D eigenvalue weighted by Crippen LogP contribution is -2.26. The second-order valence-electron chi connectivity index (χ2n) is 4.40. The first kappa shape index (κ1) is 11.5. The van der Waals surface area contributed by atoms with Gasteiger partial charge in [0.2, 0.25) is 0 Å². The number of benzene rings is 2. The Bertz CT molecular complexity index is 647. The lowest BCUT2D eigenvalue weighted by atomic mass is 10.0. The number of rotatable bonds is 2. The largest absolute Gasteiger partial charge is 0.477 e. The van der Waals surface area contributed by atoms with Gasteiger partial charge in [-0.25, -0.2) is 4.79 Å². The van der Waals surface area contributed by atoms with E-state index in [4.69, 9.17) is 0 Å². The van der Waals surface area contributed by atoms with Crippen LogP contribution in [0.15, 0.2) is 66.4 Å². The number of anilines is 2. The summed E-state index contributed by atoms with van der Waals surface area (Å²) in [5.41, 5.74) is 3.25. The Balaban J connectivity index is 2.17. The van der Waals surface area contributed by atoms with Crippen molar-refractivity contribution in [3.63, 3.8) is 0 Å². The van der Waals surface area contributed by atoms with Crippen molar-refractivity contribution in [2.75, 3.05) is 4.90 Å². The summed E-state index contributed by atoms with van der Waals surface area (Å²) in [6, 6.07) is 17.5. The van der Waals surface area contributed by atoms with Gasteiger partial charge in [0.05, 0.1) is 0 Å². The summed E-state index contributed by atoms with van der Waals surface area (Å²) in [5.74, 6) is -0.904. The molecule has 2 aromatic carbocycles. The molecule has 0 aromatic heterocycles. The van der Waals surface area contributed by atoms with Gasteiger partial charge >= 0.3 is 5.97 Å². The zero-order valence-corrected chi connectivity index (χ0v) is 10.3. The summed E-state index contributed by atoms with van der Waals surface area (Å²) in [6.45, 7) is 0. The highest BCUT2D eigenvalue weighted by molar-refractivity contribution is 5.96. The first-order chi connectivity index (χ1) is 9.27. The summed E-state index contributed by atoms with van der Waals surface area (Å²) in [4.78, 5) is 13.2. The van der Waals surface area contributed by atoms with Crippen LogP contribution in [-0.4, -0.2) is 11.1 Å². The van der Waals surface area contributed by atoms with Crippen LogP contribution in [0.4, 0.5) is 11.4 Å². The Morgan fingerprint density at radius 3 is 2.42 bits per heavy atom. The Labute approximate surface area is 111 Å². The van der Waals surface area contributed by atoms with E-state index in [0.29, 0.717) is 12.1 Å². The lowest BCUT2D eigenvalue weighted by molar-refractivity contribution is -0.132. The fourth-order valence-corrected chi connectivity index (χ4v) is 2.37. The maximum absolute atomic E-state index is 11.4. The van der Waals surface area contributed by atoms with Gasteiger partial charge in [0.15, 0.2) is 0 Å². The molecule has 3 heteroatoms. The molecule has 94 valence electrons. The smallest absolute Gasteiger partial charge is 0.352 e. The zero-order chi connectivity index (χ0) is 13.2. The minimum absolute atomic E-state index is 0.310. The number of carboxylic acids is 1. The number of para-hydroxylation sites is 2. The van der Waals surface area contributed by atoms with Crippen LogP contribution in [0.2, 0.25) is 0 Å². The summed E-state index contributed by atoms with van der Waals surface area (Å²) in [5, 5.41) is 9.39. The Morgan fingerprint density at radius 1 is 1.00 bits per heavy atom. The number of carboxylic acid groups (broad SMARTS) is 1. The summed E-state index contributed by atoms with van der Waals surface area (Å²) in [7, 11) is 0. The number of aliphatic carboxylic acids is 1. The summed E-state index contributed by atoms with van der Waals surface area (Å²) in [6.07, 6.45) is 2.42. The fourth-order valence-electron chi connectivity index (χ4n) is 2.37. The van der Waals surface area contributed by atoms with E-state index < -0.39 is 5.97 Å². The van der Waals surface area contributed by atoms with Gasteiger partial charge in [-0.1, -0.05) is 36.4 Å². The highest BCUT2D eigenvalue weighted by Gasteiger charge is 2.25. The number of hydrogen-bond donors (Lipinski definition) is 1. The lowest BCUT2D eigenvalue weighted by Gasteiger charge is -2.30. The quantitative estimate of drug-likeness (QED) is 0.889. The van der Waals surface area contributed by atoms with E-state index in [-0.39, 0.29) is 0 Å². The molecule has 0 radical (unpaired) electrons. The van der Waals surface area contributed by atoms with Gasteiger partial charge in [-0.05, 0) is 36.3 Å². The third-order valence-corrected chi connectivity index (χ3v) is 3.22. The van der Waals surface area contributed by atoms with E-state index in [0.717, 1.165) is 16.9 Å². The fraction of sp³-hybridized carbons (Fsp3) is 0.0625. The standard InChI is InChI=1S/C16H13NO2/c18-16(19)15-11-10-12-6-4-5-9-14(12)17(15)13-7-2-1-3-8-13/h1-9,11H,10H2,(H,18,19). The molecule has 0 spiro atoms. The van der Waals surface area contributed by atoms with E-state index in [1.165, 1.54) is 0 Å². The van der Waals surface area contributed by atoms with Crippen molar-refractivity contribution < 1.29 is 9.90 Å². The average Bonchev–Trinajstić information content (AvgIpc) is 2.46. The van der Waals surface area contributed by atoms with E-state index in [1.807, 2.05) is 54.6 Å². The molecule has 0 aliphatic carbocycles. The Kier molecular flexibility index (Phi) is 2.80. The first-order valence-corrected chi connectivity index (χ1v) is 6.14. The van der Waals surface area contributed by atoms with Gasteiger partial charge in [-0.3, -0.25) is 0 Å². The van der Waals surface area contributed by atoms with Crippen LogP contribution in [0, 0.1) is 0 Å². The maximum Gasteiger partial charge on any atom is 0.352 e. The molecule has 1 heterocycles. The van der Waals surface area contributed by atoms with Gasteiger partial charge in [0, 0.05) is 11.4 Å². The second kappa shape index (κ2) is 4.61. The van der Waals surface area contributed by atoms with Crippen molar-refractivity contribution in [2.45, 2.75) is 6.42 Å². The van der Waals surface area contributed by atoms with Crippen LogP contribution in [0.3, 0.4) is 0 Å². The summed E-state index contributed by atoms with van der Waals surface area (Å²) >= 11 is 0. The van der Waals surface area contributed by atoms with Crippen LogP contribution in [0.25, 0.3) is 0 Å². The molecule has 0 bridgehead atoms. The van der Waals surface area contributed by atoms with Crippen molar-refractivity contribution in [1.29, 1.82) is 0 Å². The van der Waals surface area contributed by atoms with E-state index >= 15 is 0 Å². The molecule has 3 rings (SSSR count). The average molecular weight is 251 g/mol. The molecule has 3 nitrogen and oxygen atoms in total. The normalized spacial score (nSPS) is 13.7. The highest BCUT2D eigenvalue weighted by Crippen LogP contribution is 2.36. The zero-order valence-electron chi connectivity index (χ0n) is 10.3. The maximum atomic E-state index is 11.4. The van der Waals surface area contributed by atoms with Crippen LogP contribution >= 0.6 is 0 Å². The number of hydrogen-bond acceptors (Lipinski definition) is 2. The Hall–Kier alpha value is -2.55. The number of allylic oxidation sites excluding steroid dienone is 1. The minimum Gasteiger partial charge on any atom is -0.477 e. The molecule has 0 saturated heterocycles. The van der Waals surface area contributed by atoms with Crippen LogP contribution in [0.5, 0.6) is 0 Å². The third kappa shape index (κ3) is 1.99. The van der Waals surface area contributed by atoms with Crippen LogP contribution in [0.1, 0.15) is 5.56 Å². The highest BCUT2D eigenvalue weighted by atomic mass is 16.4. The molecule has 0 amide bonds. The predicted octanol–water partition coefficient (Wildman–Crippen LogP) is 3.35. The van der Waals surface area contributed by atoms with E-state index in [2.05, 4.69) is 0 Å². The topological polar surface area (TPSA) is 40.5 Å². The van der Waals surface area contributed by atoms with Crippen LogP contribution in [-0.2, 0) is 11.2 Å². The molecule has 19 heavy (non-hydrogen) atoms. The molecule has 0 saturated carbocycles. The predicted molar refractivity (Wildman–Crippen MR) is 74.4 cm³/mol. The molecule has 0 atom stereocenters. The summed E-state index contributed by atoms with van der Waals surface area (Å²) < 4.78 is 0. The molecule has 2 aromatic rings. The van der Waals surface area contributed by atoms with Gasteiger partial charge in [0.1, 0.15) is 5.70 Å². The number of nitrogens with zero attached hydrogens (tertiary/aromatic N) is 1. The molecule has 1 aliphatic heterocycles. The number of fused-ring (bicyclic) bond motifs is 1.